The molecular formula is C15H16N2O6. The van der Waals surface area contributed by atoms with Gasteiger partial charge in [-0.05, 0) is 19.1 Å². The number of hydrogen-bond acceptors (Lipinski definition) is 6. The summed E-state index contributed by atoms with van der Waals surface area (Å²) in [5, 5.41) is 2.51. The number of carbonyl (C=O) groups excluding carboxylic acids is 3. The van der Waals surface area contributed by atoms with E-state index in [9.17, 15) is 14.4 Å². The van der Waals surface area contributed by atoms with Gasteiger partial charge >= 0.3 is 12.0 Å². The number of nitrogens with zero attached hydrogens (tertiary/aromatic N) is 1. The van der Waals surface area contributed by atoms with Crippen LogP contribution in [0.2, 0.25) is 0 Å². The Hall–Kier alpha value is -2.77. The molecule has 2 aliphatic rings. The maximum Gasteiger partial charge on any atom is 0.351 e. The lowest BCUT2D eigenvalue weighted by Crippen LogP contribution is -2.45. The van der Waals surface area contributed by atoms with Gasteiger partial charge < -0.3 is 19.5 Å². The molecule has 0 aromatic heterocycles. The monoisotopic (exact) mass is 320 g/mol. The van der Waals surface area contributed by atoms with Crippen molar-refractivity contribution < 1.29 is 28.6 Å². The number of nitrogens with one attached hydrogen (secondary N) is 1. The summed E-state index contributed by atoms with van der Waals surface area (Å²) in [7, 11) is 0. The largest absolute Gasteiger partial charge is 0.485 e. The number of esters is 1. The van der Waals surface area contributed by atoms with E-state index in [0.29, 0.717) is 18.0 Å². The molecule has 8 nitrogen and oxygen atoms in total. The molecular weight excluding hydrogens is 304 g/mol. The van der Waals surface area contributed by atoms with Crippen molar-refractivity contribution in [2.24, 2.45) is 0 Å². The fourth-order valence-electron chi connectivity index (χ4n) is 2.34. The topological polar surface area (TPSA) is 94.2 Å². The van der Waals surface area contributed by atoms with Crippen LogP contribution in [-0.2, 0) is 14.3 Å². The summed E-state index contributed by atoms with van der Waals surface area (Å²) in [5.41, 5.74) is 0. The second kappa shape index (κ2) is 6.15. The molecule has 0 spiro atoms. The third kappa shape index (κ3) is 3.05. The van der Waals surface area contributed by atoms with Gasteiger partial charge in [0.05, 0.1) is 0 Å². The van der Waals surface area contributed by atoms with Crippen molar-refractivity contribution in [3.05, 3.63) is 24.3 Å². The molecule has 8 heteroatoms. The fourth-order valence-corrected chi connectivity index (χ4v) is 2.34. The summed E-state index contributed by atoms with van der Waals surface area (Å²) in [5.74, 6) is -0.279. The van der Waals surface area contributed by atoms with E-state index in [1.807, 2.05) is 0 Å². The Labute approximate surface area is 132 Å². The highest BCUT2D eigenvalue weighted by Gasteiger charge is 2.35. The highest BCUT2D eigenvalue weighted by atomic mass is 16.6. The minimum absolute atomic E-state index is 0.000950. The van der Waals surface area contributed by atoms with Gasteiger partial charge in [0.15, 0.2) is 17.6 Å². The van der Waals surface area contributed by atoms with Crippen LogP contribution >= 0.6 is 0 Å². The Bertz CT molecular complexity index is 647. The molecule has 1 aromatic carbocycles. The Morgan fingerprint density at radius 3 is 2.78 bits per heavy atom. The smallest absolute Gasteiger partial charge is 0.351 e. The van der Waals surface area contributed by atoms with Crippen molar-refractivity contribution in [2.75, 3.05) is 19.7 Å². The third-order valence-electron chi connectivity index (χ3n) is 3.54. The van der Waals surface area contributed by atoms with Crippen LogP contribution in [0.4, 0.5) is 4.79 Å². The average Bonchev–Trinajstić information content (AvgIpc) is 2.99. The first-order valence-corrected chi connectivity index (χ1v) is 7.24. The van der Waals surface area contributed by atoms with Crippen LogP contribution in [0.15, 0.2) is 24.3 Å². The number of urea groups is 1. The predicted molar refractivity (Wildman–Crippen MR) is 77.0 cm³/mol. The number of fused-ring (bicyclic) bond motifs is 1. The van der Waals surface area contributed by atoms with E-state index < -0.39 is 30.1 Å². The van der Waals surface area contributed by atoms with Crippen molar-refractivity contribution in [3.63, 3.8) is 0 Å². The van der Waals surface area contributed by atoms with E-state index in [1.165, 1.54) is 6.92 Å². The van der Waals surface area contributed by atoms with Crippen molar-refractivity contribution in [1.82, 2.24) is 10.2 Å². The van der Waals surface area contributed by atoms with Gasteiger partial charge in [-0.25, -0.2) is 9.59 Å². The first-order chi connectivity index (χ1) is 11.1. The normalized spacial score (nSPS) is 20.7. The van der Waals surface area contributed by atoms with Gasteiger partial charge in [-0.2, -0.15) is 0 Å². The molecule has 1 aromatic rings. The first kappa shape index (κ1) is 15.1. The minimum atomic E-state index is -1.08. The Morgan fingerprint density at radius 2 is 2.09 bits per heavy atom. The molecule has 122 valence electrons. The molecule has 1 N–H and O–H groups in total. The van der Waals surface area contributed by atoms with Crippen LogP contribution in [0, 0.1) is 0 Å². The lowest BCUT2D eigenvalue weighted by Gasteiger charge is -2.26. The number of benzene rings is 1. The lowest BCUT2D eigenvalue weighted by atomic mass is 10.2. The summed E-state index contributed by atoms with van der Waals surface area (Å²) in [6, 6.07) is 6.48. The molecule has 3 amide bonds. The van der Waals surface area contributed by atoms with E-state index in [2.05, 4.69) is 5.32 Å². The quantitative estimate of drug-likeness (QED) is 0.806. The standard InChI is InChI=1S/C15H16N2O6/c1-9(13(18)17-7-6-16-15(17)20)22-14(19)12-8-21-10-4-2-3-5-11(10)23-12/h2-5,9,12H,6-8H2,1H3,(H,16,20)/t9-,12+/m0/s1. The van der Waals surface area contributed by atoms with Gasteiger partial charge in [-0.1, -0.05) is 12.1 Å². The molecule has 1 fully saturated rings. The fraction of sp³-hybridized carbons (Fsp3) is 0.400. The Kier molecular flexibility index (Phi) is 4.05. The van der Waals surface area contributed by atoms with Gasteiger partial charge in [0, 0.05) is 13.1 Å². The zero-order valence-electron chi connectivity index (χ0n) is 12.5. The molecule has 2 atom stereocenters. The van der Waals surface area contributed by atoms with Gasteiger partial charge in [0.25, 0.3) is 5.91 Å². The maximum atomic E-state index is 12.1. The summed E-state index contributed by atoms with van der Waals surface area (Å²) < 4.78 is 16.1. The van der Waals surface area contributed by atoms with Crippen molar-refractivity contribution in [2.45, 2.75) is 19.1 Å². The number of para-hydroxylation sites is 2. The molecule has 0 saturated carbocycles. The number of carbonyl (C=O) groups is 3. The van der Waals surface area contributed by atoms with Crippen LogP contribution in [0.3, 0.4) is 0 Å². The van der Waals surface area contributed by atoms with E-state index in [4.69, 9.17) is 14.2 Å². The van der Waals surface area contributed by atoms with Gasteiger partial charge in [0.1, 0.15) is 6.61 Å². The summed E-state index contributed by atoms with van der Waals surface area (Å²) in [4.78, 5) is 36.7. The predicted octanol–water partition coefficient (Wildman–Crippen LogP) is 0.310. The van der Waals surface area contributed by atoms with Crippen molar-refractivity contribution in [1.29, 1.82) is 0 Å². The molecule has 0 bridgehead atoms. The van der Waals surface area contributed by atoms with Gasteiger partial charge in [-0.15, -0.1) is 0 Å². The zero-order chi connectivity index (χ0) is 16.4. The maximum absolute atomic E-state index is 12.1. The molecule has 3 rings (SSSR count). The van der Waals surface area contributed by atoms with Gasteiger partial charge in [0.2, 0.25) is 6.10 Å². The summed E-state index contributed by atoms with van der Waals surface area (Å²) in [6.45, 7) is 2.07. The van der Waals surface area contributed by atoms with Crippen LogP contribution in [-0.4, -0.2) is 54.7 Å². The molecule has 0 aliphatic carbocycles. The Balaban J connectivity index is 1.59. The molecule has 0 unspecified atom stereocenters. The van der Waals surface area contributed by atoms with E-state index in [0.717, 1.165) is 4.90 Å². The Morgan fingerprint density at radius 1 is 1.35 bits per heavy atom. The zero-order valence-corrected chi connectivity index (χ0v) is 12.5. The molecule has 1 saturated heterocycles. The van der Waals surface area contributed by atoms with Crippen LogP contribution < -0.4 is 14.8 Å². The van der Waals surface area contributed by atoms with Crippen LogP contribution in [0.1, 0.15) is 6.92 Å². The highest BCUT2D eigenvalue weighted by molar-refractivity contribution is 5.98. The van der Waals surface area contributed by atoms with Crippen molar-refractivity contribution in [3.8, 4) is 11.5 Å². The third-order valence-corrected chi connectivity index (χ3v) is 3.54. The molecule has 23 heavy (non-hydrogen) atoms. The molecule has 2 heterocycles. The number of hydrogen-bond donors (Lipinski definition) is 1. The van der Waals surface area contributed by atoms with Crippen molar-refractivity contribution >= 4 is 17.9 Å². The number of rotatable bonds is 3. The number of imide groups is 1. The van der Waals surface area contributed by atoms with Crippen LogP contribution in [0.5, 0.6) is 11.5 Å². The number of ether oxygens (including phenoxy) is 3. The summed E-state index contributed by atoms with van der Waals surface area (Å²) in [6.07, 6.45) is -2.03. The first-order valence-electron chi connectivity index (χ1n) is 7.24. The van der Waals surface area contributed by atoms with Crippen LogP contribution in [0.25, 0.3) is 0 Å². The van der Waals surface area contributed by atoms with E-state index in [1.54, 1.807) is 24.3 Å². The average molecular weight is 320 g/mol. The SMILES string of the molecule is C[C@H](OC(=O)[C@H]1COc2ccccc2O1)C(=O)N1CCNC1=O. The highest BCUT2D eigenvalue weighted by Crippen LogP contribution is 2.31. The van der Waals surface area contributed by atoms with E-state index in [-0.39, 0.29) is 13.2 Å². The van der Waals surface area contributed by atoms with Gasteiger partial charge in [-0.3, -0.25) is 9.69 Å². The minimum Gasteiger partial charge on any atom is -0.485 e. The second-order valence-electron chi connectivity index (χ2n) is 5.17. The molecule has 2 aliphatic heterocycles. The van der Waals surface area contributed by atoms with E-state index >= 15 is 0 Å². The number of amides is 3. The lowest BCUT2D eigenvalue weighted by molar-refractivity contribution is -0.165. The second-order valence-corrected chi connectivity index (χ2v) is 5.17. The molecule has 0 radical (unpaired) electrons. The summed E-state index contributed by atoms with van der Waals surface area (Å²) >= 11 is 0.